The van der Waals surface area contributed by atoms with Crippen LogP contribution >= 0.6 is 0 Å². The van der Waals surface area contributed by atoms with Gasteiger partial charge in [-0.05, 0) is 41.9 Å². The van der Waals surface area contributed by atoms with E-state index in [1.165, 1.54) is 14.2 Å². The van der Waals surface area contributed by atoms with Gasteiger partial charge in [-0.25, -0.2) is 14.5 Å². The normalized spacial score (nSPS) is 17.3. The van der Waals surface area contributed by atoms with Gasteiger partial charge in [0.15, 0.2) is 5.65 Å². The summed E-state index contributed by atoms with van der Waals surface area (Å²) in [6.45, 7) is 2.75. The average molecular weight is 538 g/mol. The van der Waals surface area contributed by atoms with E-state index in [1.54, 1.807) is 23.1 Å². The first kappa shape index (κ1) is 25.1. The molecular formula is C27H26F3N7O2. The number of imidazole rings is 1. The van der Waals surface area contributed by atoms with Crippen LogP contribution in [0.4, 0.5) is 13.2 Å². The van der Waals surface area contributed by atoms with Crippen molar-refractivity contribution in [3.05, 3.63) is 59.7 Å². The molecule has 0 bridgehead atoms. The molecule has 1 aliphatic carbocycles. The SMILES string of the molecule is COc1ncc(-c2cc([C@H]3C[C@@H]3c3ccc4c(C(C)C)nn(CC(F)(F)F)c4c3)c3nccn3n2)c(OC)n1. The molecule has 2 atom stereocenters. The first-order chi connectivity index (χ1) is 18.7. The van der Waals surface area contributed by atoms with Crippen LogP contribution in [0.25, 0.3) is 27.8 Å². The summed E-state index contributed by atoms with van der Waals surface area (Å²) in [5.74, 6) is 0.569. The third kappa shape index (κ3) is 4.53. The summed E-state index contributed by atoms with van der Waals surface area (Å²) in [6, 6.07) is 7.91. The third-order valence-electron chi connectivity index (χ3n) is 7.07. The van der Waals surface area contributed by atoms with Gasteiger partial charge in [-0.15, -0.1) is 0 Å². The van der Waals surface area contributed by atoms with Gasteiger partial charge >= 0.3 is 12.2 Å². The summed E-state index contributed by atoms with van der Waals surface area (Å²) in [4.78, 5) is 13.0. The van der Waals surface area contributed by atoms with Gasteiger partial charge in [-0.1, -0.05) is 26.0 Å². The minimum Gasteiger partial charge on any atom is -0.480 e. The van der Waals surface area contributed by atoms with Crippen molar-refractivity contribution in [2.24, 2.45) is 0 Å². The lowest BCUT2D eigenvalue weighted by Gasteiger charge is -2.11. The van der Waals surface area contributed by atoms with Crippen LogP contribution in [0.1, 0.15) is 54.8 Å². The van der Waals surface area contributed by atoms with Crippen molar-refractivity contribution in [3.63, 3.8) is 0 Å². The van der Waals surface area contributed by atoms with Gasteiger partial charge in [0.25, 0.3) is 0 Å². The van der Waals surface area contributed by atoms with Gasteiger partial charge in [0, 0.05) is 29.5 Å². The number of hydrogen-bond donors (Lipinski definition) is 0. The topological polar surface area (TPSA) is 92.3 Å². The van der Waals surface area contributed by atoms with Crippen molar-refractivity contribution in [2.75, 3.05) is 14.2 Å². The lowest BCUT2D eigenvalue weighted by molar-refractivity contribution is -0.141. The maximum Gasteiger partial charge on any atom is 0.408 e. The zero-order chi connectivity index (χ0) is 27.5. The molecule has 0 saturated heterocycles. The van der Waals surface area contributed by atoms with Gasteiger partial charge in [-0.2, -0.15) is 28.4 Å². The molecule has 9 nitrogen and oxygen atoms in total. The minimum absolute atomic E-state index is 0.00407. The zero-order valence-electron chi connectivity index (χ0n) is 21.8. The quantitative estimate of drug-likeness (QED) is 0.270. The fourth-order valence-electron chi connectivity index (χ4n) is 5.20. The van der Waals surface area contributed by atoms with E-state index < -0.39 is 12.7 Å². The minimum atomic E-state index is -4.36. The first-order valence-electron chi connectivity index (χ1n) is 12.5. The van der Waals surface area contributed by atoms with Crippen molar-refractivity contribution in [1.82, 2.24) is 34.3 Å². The summed E-state index contributed by atoms with van der Waals surface area (Å²) in [6.07, 6.45) is 1.52. The van der Waals surface area contributed by atoms with Crippen LogP contribution in [-0.2, 0) is 6.54 Å². The number of alkyl halides is 3. The number of fused-ring (bicyclic) bond motifs is 2. The largest absolute Gasteiger partial charge is 0.480 e. The monoisotopic (exact) mass is 537 g/mol. The Bertz CT molecular complexity index is 1690. The Morgan fingerprint density at radius 1 is 1.05 bits per heavy atom. The van der Waals surface area contributed by atoms with Gasteiger partial charge in [-0.3, -0.25) is 4.68 Å². The number of methoxy groups -OCH3 is 2. The molecule has 0 radical (unpaired) electrons. The molecule has 0 N–H and O–H groups in total. The maximum absolute atomic E-state index is 13.3. The molecule has 202 valence electrons. The van der Waals surface area contributed by atoms with E-state index in [9.17, 15) is 13.2 Å². The average Bonchev–Trinajstić information content (AvgIpc) is 3.42. The third-order valence-corrected chi connectivity index (χ3v) is 7.07. The predicted molar refractivity (Wildman–Crippen MR) is 137 cm³/mol. The van der Waals surface area contributed by atoms with Crippen LogP contribution in [0, 0.1) is 0 Å². The van der Waals surface area contributed by atoms with E-state index in [0.717, 1.165) is 33.3 Å². The number of benzene rings is 1. The maximum atomic E-state index is 13.3. The summed E-state index contributed by atoms with van der Waals surface area (Å²) in [7, 11) is 3.00. The Labute approximate surface area is 221 Å². The predicted octanol–water partition coefficient (Wildman–Crippen LogP) is 5.51. The Morgan fingerprint density at radius 3 is 2.59 bits per heavy atom. The highest BCUT2D eigenvalue weighted by Gasteiger charge is 2.42. The Morgan fingerprint density at radius 2 is 1.87 bits per heavy atom. The molecule has 0 amide bonds. The molecule has 1 fully saturated rings. The van der Waals surface area contributed by atoms with Crippen molar-refractivity contribution in [2.45, 2.75) is 50.7 Å². The van der Waals surface area contributed by atoms with Crippen molar-refractivity contribution >= 4 is 16.6 Å². The second-order valence-electron chi connectivity index (χ2n) is 10.00. The van der Waals surface area contributed by atoms with Crippen LogP contribution in [-0.4, -0.2) is 54.7 Å². The molecule has 1 aromatic carbocycles. The van der Waals surface area contributed by atoms with E-state index in [2.05, 4.69) is 25.1 Å². The molecule has 0 aliphatic heterocycles. The molecule has 1 aliphatic rings. The molecule has 5 aromatic rings. The standard InChI is InChI=1S/C27H26F3N7O2/c1-14(2)23-16-6-5-15(9-22(16)37(35-23)13-27(28,29)30)17-10-18(17)19-11-21(34-36-8-7-31-24(19)36)20-12-32-26(39-4)33-25(20)38-3/h5-9,11-12,14,17-18H,10,13H2,1-4H3/t17-,18+/m1/s1. The summed E-state index contributed by atoms with van der Waals surface area (Å²) < 4.78 is 53.3. The number of nitrogens with zero attached hydrogens (tertiary/aromatic N) is 7. The van der Waals surface area contributed by atoms with Crippen molar-refractivity contribution in [1.29, 1.82) is 0 Å². The number of ether oxygens (including phenoxy) is 2. The molecule has 1 saturated carbocycles. The Hall–Kier alpha value is -4.22. The van der Waals surface area contributed by atoms with E-state index in [-0.39, 0.29) is 23.8 Å². The Kier molecular flexibility index (Phi) is 5.92. The Balaban J connectivity index is 1.39. The van der Waals surface area contributed by atoms with Crippen LogP contribution in [0.2, 0.25) is 0 Å². The van der Waals surface area contributed by atoms with Gasteiger partial charge < -0.3 is 9.47 Å². The van der Waals surface area contributed by atoms with E-state index in [1.807, 2.05) is 38.1 Å². The summed E-state index contributed by atoms with van der Waals surface area (Å²) in [5.41, 5.74) is 5.07. The second kappa shape index (κ2) is 9.21. The molecular weight excluding hydrogens is 511 g/mol. The molecule has 0 spiro atoms. The van der Waals surface area contributed by atoms with Crippen molar-refractivity contribution in [3.8, 4) is 23.1 Å². The first-order valence-corrected chi connectivity index (χ1v) is 12.5. The van der Waals surface area contributed by atoms with E-state index in [0.29, 0.717) is 28.3 Å². The number of aromatic nitrogens is 7. The van der Waals surface area contributed by atoms with Gasteiger partial charge in [0.2, 0.25) is 5.88 Å². The number of rotatable bonds is 7. The number of halogens is 3. The second-order valence-corrected chi connectivity index (χ2v) is 10.00. The van der Waals surface area contributed by atoms with E-state index >= 15 is 0 Å². The molecule has 4 aromatic heterocycles. The van der Waals surface area contributed by atoms with Crippen LogP contribution in [0.5, 0.6) is 11.9 Å². The van der Waals surface area contributed by atoms with Crippen molar-refractivity contribution < 1.29 is 22.6 Å². The molecule has 12 heteroatoms. The fourth-order valence-corrected chi connectivity index (χ4v) is 5.20. The fraction of sp³-hybridized carbons (Fsp3) is 0.370. The lowest BCUT2D eigenvalue weighted by atomic mass is 10.0. The molecule has 0 unspecified atom stereocenters. The highest BCUT2D eigenvalue weighted by molar-refractivity contribution is 5.83. The number of hydrogen-bond acceptors (Lipinski definition) is 7. The van der Waals surface area contributed by atoms with Gasteiger partial charge in [0.1, 0.15) is 6.54 Å². The van der Waals surface area contributed by atoms with Crippen LogP contribution in [0.3, 0.4) is 0 Å². The lowest BCUT2D eigenvalue weighted by Crippen LogP contribution is -2.18. The highest BCUT2D eigenvalue weighted by Crippen LogP contribution is 2.56. The smallest absolute Gasteiger partial charge is 0.408 e. The van der Waals surface area contributed by atoms with Crippen LogP contribution < -0.4 is 9.47 Å². The highest BCUT2D eigenvalue weighted by atomic mass is 19.4. The molecule has 4 heterocycles. The summed E-state index contributed by atoms with van der Waals surface area (Å²) >= 11 is 0. The molecule has 39 heavy (non-hydrogen) atoms. The van der Waals surface area contributed by atoms with Crippen LogP contribution in [0.15, 0.2) is 42.9 Å². The zero-order valence-corrected chi connectivity index (χ0v) is 21.8. The molecule has 6 rings (SSSR count). The van der Waals surface area contributed by atoms with E-state index in [4.69, 9.17) is 9.47 Å². The summed E-state index contributed by atoms with van der Waals surface area (Å²) in [5, 5.41) is 9.76. The van der Waals surface area contributed by atoms with Gasteiger partial charge in [0.05, 0.1) is 36.7 Å².